The minimum atomic E-state index is 0. The molecule has 0 unspecified atom stereocenters. The summed E-state index contributed by atoms with van der Waals surface area (Å²) in [7, 11) is 0. The molecule has 0 amide bonds. The number of nitrogens with zero attached hydrogens (tertiary/aromatic N) is 1. The quantitative estimate of drug-likeness (QED) is 0.285. The van der Waals surface area contributed by atoms with Crippen molar-refractivity contribution in [2.24, 2.45) is 0 Å². The van der Waals surface area contributed by atoms with Gasteiger partial charge in [-0.05, 0) is 59.5 Å². The molecule has 0 bridgehead atoms. The van der Waals surface area contributed by atoms with Gasteiger partial charge < -0.3 is 4.98 Å². The van der Waals surface area contributed by atoms with E-state index in [9.17, 15) is 0 Å². The first-order valence-electron chi connectivity index (χ1n) is 8.78. The molecule has 135 valence electrons. The summed E-state index contributed by atoms with van der Waals surface area (Å²) in [4.78, 5) is 4.68. The average molecular weight is 519 g/mol. The number of pyridine rings is 1. The summed E-state index contributed by atoms with van der Waals surface area (Å²) < 4.78 is 0. The molecular weight excluding hydrogens is 494 g/mol. The van der Waals surface area contributed by atoms with E-state index in [1.165, 1.54) is 27.5 Å². The molecule has 1 heterocycles. The summed E-state index contributed by atoms with van der Waals surface area (Å²) in [5.74, 6) is 0. The molecule has 0 aliphatic carbocycles. The van der Waals surface area contributed by atoms with Crippen molar-refractivity contribution in [1.82, 2.24) is 4.98 Å². The zero-order valence-electron chi connectivity index (χ0n) is 15.8. The molecule has 0 fully saturated rings. The molecule has 3 rings (SSSR count). The van der Waals surface area contributed by atoms with Gasteiger partial charge in [-0.25, -0.2) is 0 Å². The molecule has 1 radical (unpaired) electrons. The molecule has 1 nitrogen and oxygen atoms in total. The number of rotatable bonds is 4. The summed E-state index contributed by atoms with van der Waals surface area (Å²) in [6.07, 6.45) is 6.99. The maximum Gasteiger partial charge on any atom is 0.0167 e. The van der Waals surface area contributed by atoms with E-state index in [-0.39, 0.29) is 20.1 Å². The van der Waals surface area contributed by atoms with Crippen molar-refractivity contribution in [3.63, 3.8) is 0 Å². The molecule has 0 spiro atoms. The molecule has 0 atom stereocenters. The van der Waals surface area contributed by atoms with E-state index in [0.717, 1.165) is 28.8 Å². The van der Waals surface area contributed by atoms with Crippen LogP contribution in [0.3, 0.4) is 0 Å². The summed E-state index contributed by atoms with van der Waals surface area (Å²) in [5, 5.41) is 2.39. The third kappa shape index (κ3) is 3.87. The van der Waals surface area contributed by atoms with Crippen molar-refractivity contribution >= 4 is 16.3 Å². The van der Waals surface area contributed by atoms with Gasteiger partial charge >= 0.3 is 0 Å². The van der Waals surface area contributed by atoms with Crippen LogP contribution in [0.2, 0.25) is 0 Å². The van der Waals surface area contributed by atoms with Gasteiger partial charge in [0.2, 0.25) is 0 Å². The van der Waals surface area contributed by atoms with Crippen LogP contribution in [0.5, 0.6) is 0 Å². The second-order valence-corrected chi connectivity index (χ2v) is 6.46. The number of hydrogen-bond acceptors (Lipinski definition) is 1. The van der Waals surface area contributed by atoms with E-state index < -0.39 is 0 Å². The smallest absolute Gasteiger partial charge is 0.0167 e. The van der Waals surface area contributed by atoms with E-state index in [1.807, 2.05) is 19.2 Å². The summed E-state index contributed by atoms with van der Waals surface area (Å²) in [5.41, 5.74) is 8.01. The van der Waals surface area contributed by atoms with Crippen molar-refractivity contribution in [3.05, 3.63) is 83.6 Å². The Kier molecular flexibility index (Phi) is 6.69. The van der Waals surface area contributed by atoms with Crippen molar-refractivity contribution in [2.75, 3.05) is 0 Å². The zero-order chi connectivity index (χ0) is 18.0. The van der Waals surface area contributed by atoms with E-state index >= 15 is 0 Å². The summed E-state index contributed by atoms with van der Waals surface area (Å²) in [6, 6.07) is 14.3. The van der Waals surface area contributed by atoms with Gasteiger partial charge in [-0.3, -0.25) is 0 Å². The number of hydrogen-bond donors (Lipinski definition) is 0. The van der Waals surface area contributed by atoms with Crippen LogP contribution < -0.4 is 0 Å². The molecule has 1 aromatic heterocycles. The molecule has 2 aromatic carbocycles. The van der Waals surface area contributed by atoms with Crippen molar-refractivity contribution in [1.29, 1.82) is 0 Å². The average Bonchev–Trinajstić information content (AvgIpc) is 2.61. The van der Waals surface area contributed by atoms with E-state index in [1.54, 1.807) is 0 Å². The van der Waals surface area contributed by atoms with Crippen LogP contribution in [0, 0.1) is 19.9 Å². The van der Waals surface area contributed by atoms with Gasteiger partial charge in [0.1, 0.15) is 0 Å². The normalized spacial score (nSPS) is 10.9. The minimum absolute atomic E-state index is 0. The Morgan fingerprint density at radius 3 is 2.62 bits per heavy atom. The Balaban J connectivity index is 0.00000243. The van der Waals surface area contributed by atoms with Crippen LogP contribution >= 0.6 is 0 Å². The molecule has 3 aromatic rings. The monoisotopic (exact) mass is 519 g/mol. The van der Waals surface area contributed by atoms with Crippen LogP contribution in [0.1, 0.15) is 36.1 Å². The predicted octanol–water partition coefficient (Wildman–Crippen LogP) is 6.47. The number of allylic oxidation sites excluding steroid dienone is 3. The first kappa shape index (κ1) is 20.3. The van der Waals surface area contributed by atoms with Crippen LogP contribution in [0.25, 0.3) is 27.6 Å². The zero-order valence-corrected chi connectivity index (χ0v) is 18.2. The molecule has 0 N–H and O–H groups in total. The van der Waals surface area contributed by atoms with Crippen LogP contribution in [-0.4, -0.2) is 4.98 Å². The largest absolute Gasteiger partial charge is 0.304 e. The molecule has 0 aliphatic rings. The fourth-order valence-electron chi connectivity index (χ4n) is 3.38. The Bertz CT molecular complexity index is 983. The third-order valence-electron chi connectivity index (χ3n) is 4.66. The SMILES string of the molecule is C=C(/C=C\C)c1ccc2c(-c3[c-]c(C)cc(CC)c3)nccc2c1C.[Ir]. The molecule has 26 heavy (non-hydrogen) atoms. The van der Waals surface area contributed by atoms with Crippen molar-refractivity contribution < 1.29 is 20.1 Å². The Labute approximate surface area is 170 Å². The van der Waals surface area contributed by atoms with Gasteiger partial charge in [0.15, 0.2) is 0 Å². The number of fused-ring (bicyclic) bond motifs is 1. The van der Waals surface area contributed by atoms with Crippen molar-refractivity contribution in [2.45, 2.75) is 34.1 Å². The number of aromatic nitrogens is 1. The Morgan fingerprint density at radius 2 is 1.92 bits per heavy atom. The van der Waals surface area contributed by atoms with Gasteiger partial charge in [0.25, 0.3) is 0 Å². The fraction of sp³-hybridized carbons (Fsp3) is 0.208. The topological polar surface area (TPSA) is 12.9 Å². The maximum absolute atomic E-state index is 4.68. The second kappa shape index (κ2) is 8.58. The molecule has 0 saturated heterocycles. The Morgan fingerprint density at radius 1 is 1.15 bits per heavy atom. The molecular formula is C24H24IrN-. The van der Waals surface area contributed by atoms with E-state index in [4.69, 9.17) is 0 Å². The maximum atomic E-state index is 4.68. The van der Waals surface area contributed by atoms with Gasteiger partial charge in [0.05, 0.1) is 0 Å². The number of benzene rings is 2. The van der Waals surface area contributed by atoms with Crippen LogP contribution in [0.15, 0.2) is 55.3 Å². The molecule has 0 aliphatic heterocycles. The van der Waals surface area contributed by atoms with E-state index in [2.05, 4.69) is 74.8 Å². The standard InChI is InChI=1S/C24H24N.Ir/c1-6-8-17(4)21-9-10-23-22(18(21)5)11-12-25-24(23)20-14-16(3)13-19(7-2)15-20;/h6,8-13,15H,4,7H2,1-3,5H3;/q-1;/b8-6-;. The third-order valence-corrected chi connectivity index (χ3v) is 4.66. The van der Waals surface area contributed by atoms with Crippen molar-refractivity contribution in [3.8, 4) is 11.3 Å². The predicted molar refractivity (Wildman–Crippen MR) is 109 cm³/mol. The first-order chi connectivity index (χ1) is 12.0. The minimum Gasteiger partial charge on any atom is -0.304 e. The van der Waals surface area contributed by atoms with Gasteiger partial charge in [-0.15, -0.1) is 34.9 Å². The summed E-state index contributed by atoms with van der Waals surface area (Å²) in [6.45, 7) is 12.6. The van der Waals surface area contributed by atoms with E-state index in [0.29, 0.717) is 0 Å². The van der Waals surface area contributed by atoms with Crippen LogP contribution in [-0.2, 0) is 26.5 Å². The first-order valence-corrected chi connectivity index (χ1v) is 8.78. The van der Waals surface area contributed by atoms with Gasteiger partial charge in [0, 0.05) is 26.3 Å². The Hall–Kier alpha value is -2.02. The second-order valence-electron chi connectivity index (χ2n) is 6.46. The summed E-state index contributed by atoms with van der Waals surface area (Å²) >= 11 is 0. The molecule has 2 heteroatoms. The fourth-order valence-corrected chi connectivity index (χ4v) is 3.38. The molecule has 0 saturated carbocycles. The van der Waals surface area contributed by atoms with Gasteiger partial charge in [-0.2, -0.15) is 0 Å². The number of aryl methyl sites for hydroxylation is 3. The van der Waals surface area contributed by atoms with Crippen LogP contribution in [0.4, 0.5) is 0 Å². The van der Waals surface area contributed by atoms with Gasteiger partial charge in [-0.1, -0.05) is 44.7 Å².